The van der Waals surface area contributed by atoms with Gasteiger partial charge in [-0.05, 0) is 6.42 Å². The average Bonchev–Trinajstić information content (AvgIpc) is 1.69. The predicted molar refractivity (Wildman–Crippen MR) is 36.0 cm³/mol. The third-order valence-electron chi connectivity index (χ3n) is 0.821. The first-order valence-electron chi connectivity index (χ1n) is 2.68. The van der Waals surface area contributed by atoms with Crippen molar-refractivity contribution in [3.63, 3.8) is 0 Å². The predicted octanol–water partition coefficient (Wildman–Crippen LogP) is 2.23. The molecule has 8 heavy (non-hydrogen) atoms. The maximum atomic E-state index is 4.58. The van der Waals surface area contributed by atoms with Crippen LogP contribution in [0.5, 0.6) is 0 Å². The van der Waals surface area contributed by atoms with Gasteiger partial charge in [-0.15, -0.1) is 6.08 Å². The van der Waals surface area contributed by atoms with Crippen LogP contribution < -0.4 is 0 Å². The van der Waals surface area contributed by atoms with E-state index in [4.69, 9.17) is 0 Å². The van der Waals surface area contributed by atoms with Gasteiger partial charge in [0.2, 0.25) is 0 Å². The molecule has 0 unspecified atom stereocenters. The zero-order valence-electron chi connectivity index (χ0n) is 4.99. The first-order valence-corrected chi connectivity index (χ1v) is 3.16. The van der Waals surface area contributed by atoms with Gasteiger partial charge < -0.3 is 12.6 Å². The van der Waals surface area contributed by atoms with Crippen molar-refractivity contribution in [1.29, 1.82) is 0 Å². The Hall–Kier alpha value is 0.700. The Balaban J connectivity index is 0. The third kappa shape index (κ3) is 9.85. The van der Waals surface area contributed by atoms with Crippen molar-refractivity contribution < 1.29 is 22.4 Å². The smallest absolute Gasteiger partial charge is 0.788 e. The number of unbranched alkanes of at least 4 members (excludes halogenated alkanes) is 2. The summed E-state index contributed by atoms with van der Waals surface area (Å²) in [5, 5.41) is 1.69. The number of hydrogen-bond donors (Lipinski definition) is 0. The van der Waals surface area contributed by atoms with Crippen LogP contribution in [0.15, 0.2) is 11.5 Å². The van der Waals surface area contributed by atoms with E-state index in [9.17, 15) is 0 Å². The van der Waals surface area contributed by atoms with Crippen LogP contribution in [-0.4, -0.2) is 0 Å². The number of allylic oxidation sites excluding steroid dienone is 1. The van der Waals surface area contributed by atoms with Gasteiger partial charge in [-0.2, -0.15) is 0 Å². The minimum absolute atomic E-state index is 0. The molecule has 0 bridgehead atoms. The molecule has 0 heterocycles. The van der Waals surface area contributed by atoms with Crippen LogP contribution in [0, 0.1) is 0 Å². The summed E-state index contributed by atoms with van der Waals surface area (Å²) in [7, 11) is 0. The summed E-state index contributed by atoms with van der Waals surface area (Å²) in [5.74, 6) is 0. The van der Waals surface area contributed by atoms with E-state index in [-0.39, 0.29) is 22.4 Å². The second kappa shape index (κ2) is 10.6. The van der Waals surface area contributed by atoms with Crippen LogP contribution in [0.2, 0.25) is 0 Å². The van der Waals surface area contributed by atoms with Gasteiger partial charge in [0.05, 0.1) is 0 Å². The van der Waals surface area contributed by atoms with E-state index in [0.29, 0.717) is 0 Å². The fourth-order valence-electron chi connectivity index (χ4n) is 0.390. The summed E-state index contributed by atoms with van der Waals surface area (Å²) < 4.78 is 0. The van der Waals surface area contributed by atoms with E-state index < -0.39 is 0 Å². The molecule has 0 fully saturated rings. The monoisotopic (exact) mass is 222 g/mol. The Morgan fingerprint density at radius 2 is 2.12 bits per heavy atom. The van der Waals surface area contributed by atoms with Gasteiger partial charge in [-0.25, -0.2) is 5.41 Å². The molecular weight excluding hydrogens is 212 g/mol. The second-order valence-electron chi connectivity index (χ2n) is 1.51. The van der Waals surface area contributed by atoms with E-state index in [1.807, 2.05) is 6.08 Å². The maximum absolute atomic E-state index is 4.58. The molecule has 0 atom stereocenters. The Morgan fingerprint density at radius 1 is 1.50 bits per heavy atom. The molecule has 0 aliphatic heterocycles. The van der Waals surface area contributed by atoms with Gasteiger partial charge in [-0.1, -0.05) is 19.8 Å². The van der Waals surface area contributed by atoms with Crippen LogP contribution >= 0.6 is 0 Å². The molecule has 0 aliphatic carbocycles. The summed E-state index contributed by atoms with van der Waals surface area (Å²) in [6.07, 6.45) is 5.71. The Kier molecular flexibility index (Phi) is 15.3. The minimum atomic E-state index is 0. The number of rotatable bonds is 3. The van der Waals surface area contributed by atoms with Crippen LogP contribution in [0.1, 0.15) is 26.2 Å². The molecule has 0 aromatic carbocycles. The number of hydrogen-bond acceptors (Lipinski definition) is 1. The normalized spacial score (nSPS) is 9.12. The van der Waals surface area contributed by atoms with E-state index in [0.717, 1.165) is 6.42 Å². The standard InChI is InChI=1S/C6H12S.Ag/c1-2-3-4-5-6-7;/h5-7H,2-4H2,1H3;/q;+1/p-1/b6-5-;. The van der Waals surface area contributed by atoms with Crippen LogP contribution in [0.25, 0.3) is 0 Å². The third-order valence-corrected chi connectivity index (χ3v) is 1.01. The molecule has 0 amide bonds. The van der Waals surface area contributed by atoms with Crippen molar-refractivity contribution in [2.45, 2.75) is 26.2 Å². The van der Waals surface area contributed by atoms with Crippen LogP contribution in [0.4, 0.5) is 0 Å². The molecule has 0 aromatic heterocycles. The van der Waals surface area contributed by atoms with Crippen molar-refractivity contribution in [1.82, 2.24) is 0 Å². The fraction of sp³-hybridized carbons (Fsp3) is 0.667. The fourth-order valence-corrected chi connectivity index (χ4v) is 0.526. The van der Waals surface area contributed by atoms with E-state index in [1.165, 1.54) is 12.8 Å². The average molecular weight is 223 g/mol. The molecule has 0 spiro atoms. The summed E-state index contributed by atoms with van der Waals surface area (Å²) in [4.78, 5) is 0. The maximum Gasteiger partial charge on any atom is 1.00 e. The van der Waals surface area contributed by atoms with E-state index in [1.54, 1.807) is 5.41 Å². The molecule has 52 valence electrons. The van der Waals surface area contributed by atoms with E-state index >= 15 is 0 Å². The molecule has 0 saturated carbocycles. The second-order valence-corrected chi connectivity index (χ2v) is 1.79. The molecular formula is C6H11AgS. The topological polar surface area (TPSA) is 0 Å². The first-order chi connectivity index (χ1) is 3.41. The quantitative estimate of drug-likeness (QED) is 0.401. The molecule has 0 radical (unpaired) electrons. The van der Waals surface area contributed by atoms with Crippen molar-refractivity contribution in [3.8, 4) is 0 Å². The van der Waals surface area contributed by atoms with Crippen LogP contribution in [-0.2, 0) is 35.0 Å². The zero-order valence-corrected chi connectivity index (χ0v) is 7.28. The zero-order chi connectivity index (χ0) is 5.54. The molecule has 0 N–H and O–H groups in total. The minimum Gasteiger partial charge on any atom is -0.788 e. The van der Waals surface area contributed by atoms with Gasteiger partial charge in [0.25, 0.3) is 0 Å². The molecule has 0 saturated heterocycles. The Bertz CT molecular complexity index is 52.5. The van der Waals surface area contributed by atoms with Crippen molar-refractivity contribution in [2.75, 3.05) is 0 Å². The van der Waals surface area contributed by atoms with Gasteiger partial charge in [0.15, 0.2) is 0 Å². The Morgan fingerprint density at radius 3 is 2.50 bits per heavy atom. The van der Waals surface area contributed by atoms with Crippen molar-refractivity contribution in [2.24, 2.45) is 0 Å². The summed E-state index contributed by atoms with van der Waals surface area (Å²) in [5.41, 5.74) is 0. The summed E-state index contributed by atoms with van der Waals surface area (Å²) in [6, 6.07) is 0. The SMILES string of the molecule is CCCC/C=C\[S-].[Ag+]. The van der Waals surface area contributed by atoms with E-state index in [2.05, 4.69) is 19.6 Å². The van der Waals surface area contributed by atoms with Gasteiger partial charge in [0.1, 0.15) is 0 Å². The van der Waals surface area contributed by atoms with Gasteiger partial charge in [0, 0.05) is 0 Å². The van der Waals surface area contributed by atoms with Gasteiger partial charge in [-0.3, -0.25) is 0 Å². The van der Waals surface area contributed by atoms with Gasteiger partial charge >= 0.3 is 22.4 Å². The van der Waals surface area contributed by atoms with Crippen LogP contribution in [0.3, 0.4) is 0 Å². The summed E-state index contributed by atoms with van der Waals surface area (Å²) in [6.45, 7) is 2.18. The molecule has 0 aliphatic rings. The molecule has 0 aromatic rings. The molecule has 0 nitrogen and oxygen atoms in total. The Labute approximate surface area is 72.7 Å². The molecule has 0 rings (SSSR count). The van der Waals surface area contributed by atoms with Crippen molar-refractivity contribution >= 4 is 12.6 Å². The first kappa shape index (κ1) is 11.5. The van der Waals surface area contributed by atoms with Crippen molar-refractivity contribution in [3.05, 3.63) is 11.5 Å². The summed E-state index contributed by atoms with van der Waals surface area (Å²) >= 11 is 4.58. The largest absolute Gasteiger partial charge is 1.00 e. The molecule has 2 heteroatoms.